The number of hydrogen-bond donors (Lipinski definition) is 4. The summed E-state index contributed by atoms with van der Waals surface area (Å²) in [6.07, 6.45) is 5.97. The number of H-pyrrole nitrogens is 2. The van der Waals surface area contributed by atoms with Crippen molar-refractivity contribution in [2.45, 2.75) is 18.9 Å². The standard InChI is InChI=1S/C29H26N6O/c36-28(23-5-2-1-3-6-23)35-29-32-18-26(34-29)22-14-10-20(11-15-22)19-8-12-21(13-9-19)25-17-31-27(33-25)24-7-4-16-30-24/h1-3,5-6,8-15,17-18,24,30H,4,7,16H2,(H,31,33)(H2,32,34,35,36). The average Bonchev–Trinajstić information content (AvgIpc) is 3.72. The highest BCUT2D eigenvalue weighted by Crippen LogP contribution is 2.28. The molecular formula is C29H26N6O. The predicted octanol–water partition coefficient (Wildman–Crippen LogP) is 5.81. The van der Waals surface area contributed by atoms with Crippen molar-refractivity contribution in [2.75, 3.05) is 11.9 Å². The van der Waals surface area contributed by atoms with Crippen LogP contribution in [0.1, 0.15) is 35.1 Å². The van der Waals surface area contributed by atoms with Crippen molar-refractivity contribution in [3.63, 3.8) is 0 Å². The molecule has 0 radical (unpaired) electrons. The zero-order valence-corrected chi connectivity index (χ0v) is 19.7. The number of amides is 1. The second-order valence-electron chi connectivity index (χ2n) is 8.95. The van der Waals surface area contributed by atoms with Crippen LogP contribution in [-0.2, 0) is 0 Å². The number of imidazole rings is 2. The molecule has 1 atom stereocenters. The van der Waals surface area contributed by atoms with Gasteiger partial charge in [-0.05, 0) is 53.8 Å². The first kappa shape index (κ1) is 22.0. The van der Waals surface area contributed by atoms with Crippen molar-refractivity contribution >= 4 is 11.9 Å². The largest absolute Gasteiger partial charge is 0.341 e. The zero-order valence-electron chi connectivity index (χ0n) is 19.7. The Morgan fingerprint density at radius 3 is 2.00 bits per heavy atom. The molecule has 178 valence electrons. The Morgan fingerprint density at radius 2 is 1.36 bits per heavy atom. The number of carbonyl (C=O) groups is 1. The minimum Gasteiger partial charge on any atom is -0.341 e. The van der Waals surface area contributed by atoms with Gasteiger partial charge in [0.25, 0.3) is 5.91 Å². The lowest BCUT2D eigenvalue weighted by Gasteiger charge is -2.06. The SMILES string of the molecule is O=C(Nc1ncc(-c2ccc(-c3ccc(-c4cnc(C5CCCN5)[nH]4)cc3)cc2)[nH]1)c1ccccc1. The molecule has 1 amide bonds. The van der Waals surface area contributed by atoms with Gasteiger partial charge >= 0.3 is 0 Å². The molecule has 0 spiro atoms. The topological polar surface area (TPSA) is 98.5 Å². The number of aromatic amines is 2. The van der Waals surface area contributed by atoms with Crippen LogP contribution in [-0.4, -0.2) is 32.4 Å². The lowest BCUT2D eigenvalue weighted by atomic mass is 10.0. The highest BCUT2D eigenvalue weighted by Gasteiger charge is 2.19. The lowest BCUT2D eigenvalue weighted by molar-refractivity contribution is 0.102. The molecule has 1 aliphatic heterocycles. The first-order valence-electron chi connectivity index (χ1n) is 12.1. The Morgan fingerprint density at radius 1 is 0.750 bits per heavy atom. The van der Waals surface area contributed by atoms with Crippen LogP contribution < -0.4 is 10.6 Å². The Kier molecular flexibility index (Phi) is 5.89. The van der Waals surface area contributed by atoms with Gasteiger partial charge in [-0.15, -0.1) is 0 Å². The number of nitrogens with zero attached hydrogens (tertiary/aromatic N) is 2. The third kappa shape index (κ3) is 4.56. The molecule has 3 heterocycles. The van der Waals surface area contributed by atoms with Crippen molar-refractivity contribution in [3.05, 3.63) is 103 Å². The van der Waals surface area contributed by atoms with Crippen molar-refractivity contribution in [1.29, 1.82) is 0 Å². The predicted molar refractivity (Wildman–Crippen MR) is 141 cm³/mol. The highest BCUT2D eigenvalue weighted by atomic mass is 16.1. The Labute approximate surface area is 209 Å². The van der Waals surface area contributed by atoms with E-state index in [-0.39, 0.29) is 5.91 Å². The van der Waals surface area contributed by atoms with Crippen molar-refractivity contribution in [1.82, 2.24) is 25.3 Å². The van der Waals surface area contributed by atoms with Gasteiger partial charge in [-0.2, -0.15) is 0 Å². The zero-order chi connectivity index (χ0) is 24.3. The molecule has 0 aliphatic carbocycles. The van der Waals surface area contributed by atoms with Gasteiger partial charge in [-0.3, -0.25) is 10.1 Å². The van der Waals surface area contributed by atoms with E-state index in [2.05, 4.69) is 79.1 Å². The molecule has 0 bridgehead atoms. The van der Waals surface area contributed by atoms with Gasteiger partial charge in [0, 0.05) is 5.56 Å². The highest BCUT2D eigenvalue weighted by molar-refractivity contribution is 6.03. The first-order valence-corrected chi connectivity index (χ1v) is 12.1. The Bertz CT molecular complexity index is 1460. The molecule has 36 heavy (non-hydrogen) atoms. The summed E-state index contributed by atoms with van der Waals surface area (Å²) in [5.74, 6) is 1.24. The summed E-state index contributed by atoms with van der Waals surface area (Å²) in [6.45, 7) is 1.06. The maximum atomic E-state index is 12.4. The van der Waals surface area contributed by atoms with Gasteiger partial charge < -0.3 is 15.3 Å². The van der Waals surface area contributed by atoms with Crippen LogP contribution >= 0.6 is 0 Å². The molecule has 5 aromatic rings. The summed E-state index contributed by atoms with van der Waals surface area (Å²) in [5, 5.41) is 6.29. The fraction of sp³-hybridized carbons (Fsp3) is 0.138. The number of benzene rings is 3. The third-order valence-electron chi connectivity index (χ3n) is 6.55. The van der Waals surface area contributed by atoms with E-state index in [0.717, 1.165) is 52.4 Å². The Balaban J connectivity index is 1.13. The maximum Gasteiger partial charge on any atom is 0.257 e. The van der Waals surface area contributed by atoms with Crippen LogP contribution in [0.3, 0.4) is 0 Å². The van der Waals surface area contributed by atoms with E-state index in [1.165, 1.54) is 6.42 Å². The summed E-state index contributed by atoms with van der Waals surface area (Å²) in [5.41, 5.74) is 6.85. The number of aromatic nitrogens is 4. The normalized spacial score (nSPS) is 15.2. The van der Waals surface area contributed by atoms with E-state index in [1.54, 1.807) is 18.3 Å². The van der Waals surface area contributed by atoms with Gasteiger partial charge in [0.05, 0.1) is 29.8 Å². The van der Waals surface area contributed by atoms with Crippen LogP contribution in [0.25, 0.3) is 33.6 Å². The minimum atomic E-state index is -0.197. The molecule has 0 saturated carbocycles. The van der Waals surface area contributed by atoms with Crippen LogP contribution in [0.4, 0.5) is 5.95 Å². The average molecular weight is 475 g/mol. The summed E-state index contributed by atoms with van der Waals surface area (Å²) >= 11 is 0. The molecule has 1 unspecified atom stereocenters. The fourth-order valence-corrected chi connectivity index (χ4v) is 4.56. The van der Waals surface area contributed by atoms with Gasteiger partial charge in [0.15, 0.2) is 0 Å². The molecule has 3 aromatic carbocycles. The maximum absolute atomic E-state index is 12.4. The number of carbonyl (C=O) groups excluding carboxylic acids is 1. The molecule has 2 aromatic heterocycles. The molecule has 7 heteroatoms. The van der Waals surface area contributed by atoms with Crippen LogP contribution in [0.15, 0.2) is 91.3 Å². The van der Waals surface area contributed by atoms with Crippen LogP contribution in [0, 0.1) is 0 Å². The molecule has 1 fully saturated rings. The van der Waals surface area contributed by atoms with Gasteiger partial charge in [-0.1, -0.05) is 66.7 Å². The van der Waals surface area contributed by atoms with E-state index >= 15 is 0 Å². The first-order chi connectivity index (χ1) is 17.7. The van der Waals surface area contributed by atoms with Crippen molar-refractivity contribution < 1.29 is 4.79 Å². The van der Waals surface area contributed by atoms with E-state index in [9.17, 15) is 4.79 Å². The summed E-state index contributed by atoms with van der Waals surface area (Å²) in [4.78, 5) is 27.9. The van der Waals surface area contributed by atoms with E-state index in [0.29, 0.717) is 17.6 Å². The Hall–Kier alpha value is -4.49. The van der Waals surface area contributed by atoms with E-state index < -0.39 is 0 Å². The van der Waals surface area contributed by atoms with Crippen LogP contribution in [0.2, 0.25) is 0 Å². The molecule has 1 saturated heterocycles. The fourth-order valence-electron chi connectivity index (χ4n) is 4.56. The minimum absolute atomic E-state index is 0.197. The van der Waals surface area contributed by atoms with E-state index in [1.807, 2.05) is 24.4 Å². The molecule has 1 aliphatic rings. The van der Waals surface area contributed by atoms with Crippen molar-refractivity contribution in [3.8, 4) is 33.6 Å². The summed E-state index contributed by atoms with van der Waals surface area (Å²) < 4.78 is 0. The number of rotatable bonds is 6. The van der Waals surface area contributed by atoms with Gasteiger partial charge in [-0.25, -0.2) is 9.97 Å². The summed E-state index contributed by atoms with van der Waals surface area (Å²) in [6, 6.07) is 26.2. The van der Waals surface area contributed by atoms with Gasteiger partial charge in [0.1, 0.15) is 5.82 Å². The molecule has 7 nitrogen and oxygen atoms in total. The number of hydrogen-bond acceptors (Lipinski definition) is 4. The van der Waals surface area contributed by atoms with E-state index in [4.69, 9.17) is 0 Å². The molecule has 4 N–H and O–H groups in total. The second kappa shape index (κ2) is 9.64. The quantitative estimate of drug-likeness (QED) is 0.250. The van der Waals surface area contributed by atoms with Gasteiger partial charge in [0.2, 0.25) is 5.95 Å². The molecule has 6 rings (SSSR count). The monoisotopic (exact) mass is 474 g/mol. The number of nitrogens with one attached hydrogen (secondary N) is 4. The third-order valence-corrected chi connectivity index (χ3v) is 6.55. The summed E-state index contributed by atoms with van der Waals surface area (Å²) in [7, 11) is 0. The number of anilines is 1. The molecular weight excluding hydrogens is 448 g/mol. The van der Waals surface area contributed by atoms with Crippen LogP contribution in [0.5, 0.6) is 0 Å². The second-order valence-corrected chi connectivity index (χ2v) is 8.95. The van der Waals surface area contributed by atoms with Crippen molar-refractivity contribution in [2.24, 2.45) is 0 Å². The smallest absolute Gasteiger partial charge is 0.257 e. The lowest BCUT2D eigenvalue weighted by Crippen LogP contribution is -2.14.